The largest absolute Gasteiger partial charge is 0.315 e. The van der Waals surface area contributed by atoms with Gasteiger partial charge in [-0.1, -0.05) is 24.3 Å². The van der Waals surface area contributed by atoms with Gasteiger partial charge in [-0.25, -0.2) is 0 Å². The van der Waals surface area contributed by atoms with Gasteiger partial charge in [0, 0.05) is 19.1 Å². The van der Waals surface area contributed by atoms with Crippen molar-refractivity contribution in [2.45, 2.75) is 25.9 Å². The second-order valence-corrected chi connectivity index (χ2v) is 4.00. The minimum absolute atomic E-state index is 0. The summed E-state index contributed by atoms with van der Waals surface area (Å²) in [7, 11) is 0. The zero-order valence-electron chi connectivity index (χ0n) is 9.12. The molecular weight excluding hydrogens is 208 g/mol. The highest BCUT2D eigenvalue weighted by atomic mass is 35.5. The lowest BCUT2D eigenvalue weighted by molar-refractivity contribution is 0.546. The number of halogens is 1. The van der Waals surface area contributed by atoms with E-state index in [1.54, 1.807) is 0 Å². The molecule has 2 rings (SSSR count). The first-order chi connectivity index (χ1) is 6.86. The average molecular weight is 227 g/mol. The van der Waals surface area contributed by atoms with Crippen LogP contribution in [0.3, 0.4) is 0 Å². The number of rotatable bonds is 3. The summed E-state index contributed by atoms with van der Waals surface area (Å²) in [4.78, 5) is 0. The van der Waals surface area contributed by atoms with Gasteiger partial charge in [-0.3, -0.25) is 0 Å². The van der Waals surface area contributed by atoms with Crippen LogP contribution in [0.15, 0.2) is 24.3 Å². The summed E-state index contributed by atoms with van der Waals surface area (Å²) in [5, 5.41) is 6.94. The van der Waals surface area contributed by atoms with Crippen LogP contribution in [-0.2, 0) is 6.54 Å². The molecule has 0 bridgehead atoms. The minimum Gasteiger partial charge on any atom is -0.315 e. The Morgan fingerprint density at radius 3 is 2.87 bits per heavy atom. The zero-order valence-corrected chi connectivity index (χ0v) is 9.94. The van der Waals surface area contributed by atoms with Gasteiger partial charge in [0.1, 0.15) is 0 Å². The first kappa shape index (κ1) is 12.5. The maximum atomic E-state index is 3.58. The van der Waals surface area contributed by atoms with Crippen molar-refractivity contribution in [1.29, 1.82) is 0 Å². The van der Waals surface area contributed by atoms with Crippen LogP contribution >= 0.6 is 12.4 Å². The fourth-order valence-electron chi connectivity index (χ4n) is 1.89. The summed E-state index contributed by atoms with van der Waals surface area (Å²) in [5.41, 5.74) is 2.80. The lowest BCUT2D eigenvalue weighted by Crippen LogP contribution is -2.30. The molecule has 1 aromatic rings. The van der Waals surface area contributed by atoms with E-state index < -0.39 is 0 Å². The summed E-state index contributed by atoms with van der Waals surface area (Å²) in [6.45, 7) is 5.44. The quantitative estimate of drug-likeness (QED) is 0.823. The fraction of sp³-hybridized carbons (Fsp3) is 0.500. The van der Waals surface area contributed by atoms with Crippen LogP contribution in [0.5, 0.6) is 0 Å². The maximum absolute atomic E-state index is 3.58. The molecular formula is C12H19ClN2. The molecule has 1 aliphatic rings. The van der Waals surface area contributed by atoms with Crippen LogP contribution in [0.25, 0.3) is 0 Å². The Balaban J connectivity index is 0.00000112. The Morgan fingerprint density at radius 1 is 1.40 bits per heavy atom. The van der Waals surface area contributed by atoms with Crippen molar-refractivity contribution in [3.8, 4) is 0 Å². The van der Waals surface area contributed by atoms with E-state index in [9.17, 15) is 0 Å². The smallest absolute Gasteiger partial charge is 0.0211 e. The highest BCUT2D eigenvalue weighted by molar-refractivity contribution is 5.85. The average Bonchev–Trinajstić information content (AvgIpc) is 2.69. The summed E-state index contributed by atoms with van der Waals surface area (Å²) in [6, 6.07) is 9.23. The van der Waals surface area contributed by atoms with Gasteiger partial charge in [0.05, 0.1) is 0 Å². The fourth-order valence-corrected chi connectivity index (χ4v) is 1.89. The van der Waals surface area contributed by atoms with E-state index >= 15 is 0 Å². The molecule has 1 aromatic carbocycles. The highest BCUT2D eigenvalue weighted by Gasteiger charge is 2.13. The summed E-state index contributed by atoms with van der Waals surface area (Å²) in [6.07, 6.45) is 1.26. The van der Waals surface area contributed by atoms with E-state index in [2.05, 4.69) is 41.8 Å². The Kier molecular flexibility index (Phi) is 5.09. The van der Waals surface area contributed by atoms with Gasteiger partial charge in [-0.2, -0.15) is 0 Å². The van der Waals surface area contributed by atoms with Crippen LogP contribution < -0.4 is 10.6 Å². The van der Waals surface area contributed by atoms with Gasteiger partial charge < -0.3 is 10.6 Å². The summed E-state index contributed by atoms with van der Waals surface area (Å²) < 4.78 is 0. The van der Waals surface area contributed by atoms with Crippen LogP contribution in [0, 0.1) is 6.92 Å². The van der Waals surface area contributed by atoms with Crippen molar-refractivity contribution in [1.82, 2.24) is 10.6 Å². The van der Waals surface area contributed by atoms with E-state index in [-0.39, 0.29) is 12.4 Å². The van der Waals surface area contributed by atoms with Crippen LogP contribution in [0.4, 0.5) is 0 Å². The molecule has 0 spiro atoms. The molecule has 84 valence electrons. The lowest BCUT2D eigenvalue weighted by Gasteiger charge is -2.12. The molecule has 1 aliphatic heterocycles. The summed E-state index contributed by atoms with van der Waals surface area (Å²) in [5.74, 6) is 0. The first-order valence-corrected chi connectivity index (χ1v) is 5.35. The van der Waals surface area contributed by atoms with E-state index in [0.29, 0.717) is 6.04 Å². The van der Waals surface area contributed by atoms with Crippen molar-refractivity contribution >= 4 is 12.4 Å². The number of hydrogen-bond donors (Lipinski definition) is 2. The van der Waals surface area contributed by atoms with Crippen molar-refractivity contribution in [3.63, 3.8) is 0 Å². The molecule has 0 amide bonds. The van der Waals surface area contributed by atoms with Gasteiger partial charge in [-0.05, 0) is 31.0 Å². The van der Waals surface area contributed by atoms with Crippen molar-refractivity contribution < 1.29 is 0 Å². The molecule has 3 heteroatoms. The van der Waals surface area contributed by atoms with Gasteiger partial charge in [0.2, 0.25) is 0 Å². The molecule has 0 unspecified atom stereocenters. The zero-order chi connectivity index (χ0) is 9.80. The third-order valence-corrected chi connectivity index (χ3v) is 2.90. The predicted molar refractivity (Wildman–Crippen MR) is 66.5 cm³/mol. The molecule has 0 aromatic heterocycles. The van der Waals surface area contributed by atoms with Crippen molar-refractivity contribution in [3.05, 3.63) is 35.4 Å². The highest BCUT2D eigenvalue weighted by Crippen LogP contribution is 2.07. The first-order valence-electron chi connectivity index (χ1n) is 5.35. The Labute approximate surface area is 97.9 Å². The monoisotopic (exact) mass is 226 g/mol. The van der Waals surface area contributed by atoms with Gasteiger partial charge >= 0.3 is 0 Å². The number of hydrogen-bond acceptors (Lipinski definition) is 2. The van der Waals surface area contributed by atoms with E-state index in [1.807, 2.05) is 0 Å². The third kappa shape index (κ3) is 3.49. The molecule has 2 N–H and O–H groups in total. The Hall–Kier alpha value is -0.570. The molecule has 1 fully saturated rings. The Bertz CT molecular complexity index is 295. The second-order valence-electron chi connectivity index (χ2n) is 4.00. The van der Waals surface area contributed by atoms with E-state index in [4.69, 9.17) is 0 Å². The van der Waals surface area contributed by atoms with Gasteiger partial charge in [0.25, 0.3) is 0 Å². The number of aryl methyl sites for hydroxylation is 1. The number of benzene rings is 1. The third-order valence-electron chi connectivity index (χ3n) is 2.90. The van der Waals surface area contributed by atoms with Gasteiger partial charge in [-0.15, -0.1) is 12.4 Å². The topological polar surface area (TPSA) is 24.1 Å². The second kappa shape index (κ2) is 6.11. The lowest BCUT2D eigenvalue weighted by atomic mass is 10.1. The number of nitrogens with one attached hydrogen (secondary N) is 2. The molecule has 1 heterocycles. The van der Waals surface area contributed by atoms with E-state index in [0.717, 1.165) is 19.6 Å². The molecule has 1 atom stereocenters. The minimum atomic E-state index is 0. The molecule has 0 aliphatic carbocycles. The normalized spacial score (nSPS) is 19.9. The van der Waals surface area contributed by atoms with E-state index in [1.165, 1.54) is 17.5 Å². The van der Waals surface area contributed by atoms with Crippen LogP contribution in [-0.4, -0.2) is 19.1 Å². The van der Waals surface area contributed by atoms with Crippen LogP contribution in [0.2, 0.25) is 0 Å². The molecule has 0 radical (unpaired) electrons. The predicted octanol–water partition coefficient (Wildman–Crippen LogP) is 1.87. The Morgan fingerprint density at radius 2 is 2.20 bits per heavy atom. The van der Waals surface area contributed by atoms with Crippen LogP contribution in [0.1, 0.15) is 17.5 Å². The summed E-state index contributed by atoms with van der Waals surface area (Å²) >= 11 is 0. The molecule has 1 saturated heterocycles. The van der Waals surface area contributed by atoms with Crippen molar-refractivity contribution in [2.75, 3.05) is 13.1 Å². The molecule has 15 heavy (non-hydrogen) atoms. The molecule has 0 saturated carbocycles. The molecule has 2 nitrogen and oxygen atoms in total. The maximum Gasteiger partial charge on any atom is 0.0211 e. The van der Waals surface area contributed by atoms with Crippen molar-refractivity contribution in [2.24, 2.45) is 0 Å². The van der Waals surface area contributed by atoms with Gasteiger partial charge in [0.15, 0.2) is 0 Å². The standard InChI is InChI=1S/C12H18N2.ClH/c1-10-4-2-3-5-11(10)8-14-12-6-7-13-9-12;/h2-5,12-14H,6-9H2,1H3;1H/t12-;/m0./s1. The SMILES string of the molecule is Cc1ccccc1CN[C@H]1CCNC1.Cl.